The minimum Gasteiger partial charge on any atom is -0.393 e. The quantitative estimate of drug-likeness (QED) is 0.629. The highest BCUT2D eigenvalue weighted by Crippen LogP contribution is 2.35. The number of unbranched alkanes of at least 4 members (excludes halogenated alkanes) is 5. The summed E-state index contributed by atoms with van der Waals surface area (Å²) in [5.41, 5.74) is 0. The van der Waals surface area contributed by atoms with Crippen LogP contribution in [0.1, 0.15) is 71.6 Å². The molecular weight excluding hydrogens is 184 g/mol. The van der Waals surface area contributed by atoms with E-state index in [-0.39, 0.29) is 6.10 Å². The monoisotopic (exact) mass is 212 g/mol. The van der Waals surface area contributed by atoms with E-state index < -0.39 is 0 Å². The van der Waals surface area contributed by atoms with Crippen molar-refractivity contribution in [3.63, 3.8) is 0 Å². The van der Waals surface area contributed by atoms with Gasteiger partial charge in [-0.1, -0.05) is 52.4 Å². The largest absolute Gasteiger partial charge is 0.393 e. The van der Waals surface area contributed by atoms with Gasteiger partial charge in [-0.3, -0.25) is 0 Å². The average molecular weight is 212 g/mol. The van der Waals surface area contributed by atoms with Crippen LogP contribution in [0.15, 0.2) is 0 Å². The lowest BCUT2D eigenvalue weighted by molar-refractivity contribution is 0.113. The van der Waals surface area contributed by atoms with Crippen molar-refractivity contribution in [3.8, 4) is 0 Å². The van der Waals surface area contributed by atoms with Crippen LogP contribution in [0, 0.1) is 11.8 Å². The molecule has 0 bridgehead atoms. The predicted octanol–water partition coefficient (Wildman–Crippen LogP) is 4.14. The third kappa shape index (κ3) is 4.55. The molecule has 0 radical (unpaired) electrons. The molecule has 90 valence electrons. The van der Waals surface area contributed by atoms with Crippen LogP contribution in [-0.4, -0.2) is 11.2 Å². The Morgan fingerprint density at radius 2 is 1.67 bits per heavy atom. The van der Waals surface area contributed by atoms with Crippen molar-refractivity contribution < 1.29 is 5.11 Å². The summed E-state index contributed by atoms with van der Waals surface area (Å²) < 4.78 is 0. The second-order valence-electron chi connectivity index (χ2n) is 5.34. The summed E-state index contributed by atoms with van der Waals surface area (Å²) in [6.07, 6.45) is 11.8. The van der Waals surface area contributed by atoms with Crippen LogP contribution < -0.4 is 0 Å². The van der Waals surface area contributed by atoms with Crippen molar-refractivity contribution in [2.75, 3.05) is 0 Å². The Bertz CT molecular complexity index is 145. The molecule has 1 rings (SSSR count). The van der Waals surface area contributed by atoms with Crippen molar-refractivity contribution in [2.24, 2.45) is 11.8 Å². The van der Waals surface area contributed by atoms with Gasteiger partial charge in [-0.05, 0) is 31.1 Å². The topological polar surface area (TPSA) is 20.2 Å². The molecule has 1 nitrogen and oxygen atoms in total. The van der Waals surface area contributed by atoms with Crippen LogP contribution in [0.5, 0.6) is 0 Å². The Labute approximate surface area is 95.3 Å². The summed E-state index contributed by atoms with van der Waals surface area (Å²) in [5, 5.41) is 9.80. The van der Waals surface area contributed by atoms with E-state index in [4.69, 9.17) is 0 Å². The van der Waals surface area contributed by atoms with E-state index in [0.29, 0.717) is 5.92 Å². The summed E-state index contributed by atoms with van der Waals surface area (Å²) >= 11 is 0. The zero-order chi connectivity index (χ0) is 11.1. The van der Waals surface area contributed by atoms with Crippen LogP contribution in [0.3, 0.4) is 0 Å². The van der Waals surface area contributed by atoms with E-state index in [1.807, 2.05) is 0 Å². The number of rotatable bonds is 7. The van der Waals surface area contributed by atoms with Crippen LogP contribution in [0.4, 0.5) is 0 Å². The molecule has 0 amide bonds. The zero-order valence-electron chi connectivity index (χ0n) is 10.5. The Morgan fingerprint density at radius 1 is 1.00 bits per heavy atom. The minimum atomic E-state index is 0.00985. The van der Waals surface area contributed by atoms with Gasteiger partial charge in [0.1, 0.15) is 0 Å². The number of hydrogen-bond donors (Lipinski definition) is 1. The van der Waals surface area contributed by atoms with E-state index in [1.54, 1.807) is 0 Å². The lowest BCUT2D eigenvalue weighted by Crippen LogP contribution is -2.17. The highest BCUT2D eigenvalue weighted by Gasteiger charge is 2.30. The van der Waals surface area contributed by atoms with E-state index in [9.17, 15) is 5.11 Å². The van der Waals surface area contributed by atoms with E-state index >= 15 is 0 Å². The lowest BCUT2D eigenvalue weighted by Gasteiger charge is -2.18. The molecule has 1 aliphatic carbocycles. The molecule has 0 aromatic rings. The molecule has 0 spiro atoms. The summed E-state index contributed by atoms with van der Waals surface area (Å²) in [4.78, 5) is 0. The second kappa shape index (κ2) is 7.27. The predicted molar refractivity (Wildman–Crippen MR) is 65.9 cm³/mol. The van der Waals surface area contributed by atoms with Gasteiger partial charge in [0.2, 0.25) is 0 Å². The number of hydrogen-bond acceptors (Lipinski definition) is 1. The van der Waals surface area contributed by atoms with Crippen molar-refractivity contribution in [3.05, 3.63) is 0 Å². The molecule has 15 heavy (non-hydrogen) atoms. The summed E-state index contributed by atoms with van der Waals surface area (Å²) in [7, 11) is 0. The van der Waals surface area contributed by atoms with Gasteiger partial charge in [-0.15, -0.1) is 0 Å². The maximum absolute atomic E-state index is 9.80. The number of aliphatic hydroxyl groups excluding tert-OH is 1. The molecule has 1 N–H and O–H groups in total. The van der Waals surface area contributed by atoms with Gasteiger partial charge < -0.3 is 5.11 Å². The molecule has 0 heterocycles. The van der Waals surface area contributed by atoms with Crippen LogP contribution in [0.2, 0.25) is 0 Å². The molecule has 1 fully saturated rings. The van der Waals surface area contributed by atoms with Crippen LogP contribution in [-0.2, 0) is 0 Å². The Kier molecular flexibility index (Phi) is 6.31. The minimum absolute atomic E-state index is 0.00985. The Hall–Kier alpha value is -0.0400. The first-order chi connectivity index (χ1) is 7.25. The van der Waals surface area contributed by atoms with Gasteiger partial charge in [0, 0.05) is 0 Å². The van der Waals surface area contributed by atoms with Gasteiger partial charge in [-0.2, -0.15) is 0 Å². The zero-order valence-corrected chi connectivity index (χ0v) is 10.5. The van der Waals surface area contributed by atoms with E-state index in [0.717, 1.165) is 12.3 Å². The van der Waals surface area contributed by atoms with Crippen molar-refractivity contribution in [1.82, 2.24) is 0 Å². The first-order valence-corrected chi connectivity index (χ1v) is 6.93. The summed E-state index contributed by atoms with van der Waals surface area (Å²) in [6.45, 7) is 4.56. The van der Waals surface area contributed by atoms with Gasteiger partial charge in [0.15, 0.2) is 0 Å². The molecule has 1 heteroatoms. The third-order valence-corrected chi connectivity index (χ3v) is 4.03. The highest BCUT2D eigenvalue weighted by atomic mass is 16.3. The van der Waals surface area contributed by atoms with Gasteiger partial charge >= 0.3 is 0 Å². The van der Waals surface area contributed by atoms with Crippen LogP contribution in [0.25, 0.3) is 0 Å². The lowest BCUT2D eigenvalue weighted by atomic mass is 9.90. The Balaban J connectivity index is 1.99. The Morgan fingerprint density at radius 3 is 2.27 bits per heavy atom. The fourth-order valence-corrected chi connectivity index (χ4v) is 2.88. The summed E-state index contributed by atoms with van der Waals surface area (Å²) in [6, 6.07) is 0. The molecule has 1 saturated carbocycles. The molecule has 3 unspecified atom stereocenters. The molecule has 0 saturated heterocycles. The van der Waals surface area contributed by atoms with Crippen molar-refractivity contribution in [1.29, 1.82) is 0 Å². The molecule has 1 aliphatic rings. The molecule has 0 aromatic heterocycles. The molecular formula is C14H28O. The summed E-state index contributed by atoms with van der Waals surface area (Å²) in [5.74, 6) is 1.37. The first-order valence-electron chi connectivity index (χ1n) is 6.93. The number of aliphatic hydroxyl groups is 1. The molecule has 0 aliphatic heterocycles. The van der Waals surface area contributed by atoms with Gasteiger partial charge in [0.05, 0.1) is 6.10 Å². The third-order valence-electron chi connectivity index (χ3n) is 4.03. The standard InChI is InChI=1S/C14H28O/c1-3-4-5-6-7-8-9-13-12(2)10-11-14(13)15/h12-15H,3-11H2,1-2H3. The van der Waals surface area contributed by atoms with Gasteiger partial charge in [0.25, 0.3) is 0 Å². The van der Waals surface area contributed by atoms with Crippen molar-refractivity contribution >= 4 is 0 Å². The average Bonchev–Trinajstić information content (AvgIpc) is 2.54. The second-order valence-corrected chi connectivity index (χ2v) is 5.34. The van der Waals surface area contributed by atoms with Crippen LogP contribution >= 0.6 is 0 Å². The molecule has 3 atom stereocenters. The maximum Gasteiger partial charge on any atom is 0.0571 e. The fourth-order valence-electron chi connectivity index (χ4n) is 2.88. The SMILES string of the molecule is CCCCCCCCC1C(C)CCC1O. The first kappa shape index (κ1) is 13.0. The van der Waals surface area contributed by atoms with E-state index in [2.05, 4.69) is 13.8 Å². The molecule has 0 aromatic carbocycles. The smallest absolute Gasteiger partial charge is 0.0571 e. The normalized spacial score (nSPS) is 31.0. The highest BCUT2D eigenvalue weighted by molar-refractivity contribution is 4.81. The van der Waals surface area contributed by atoms with Gasteiger partial charge in [-0.25, -0.2) is 0 Å². The maximum atomic E-state index is 9.80. The van der Waals surface area contributed by atoms with E-state index in [1.165, 1.54) is 51.4 Å². The van der Waals surface area contributed by atoms with Crippen molar-refractivity contribution in [2.45, 2.75) is 77.7 Å². The fraction of sp³-hybridized carbons (Fsp3) is 1.00.